The van der Waals surface area contributed by atoms with Crippen molar-refractivity contribution in [2.45, 2.75) is 13.3 Å². The van der Waals surface area contributed by atoms with E-state index in [1.54, 1.807) is 49.5 Å². The minimum Gasteiger partial charge on any atom is -0.326 e. The molecule has 0 aliphatic carbocycles. The quantitative estimate of drug-likeness (QED) is 0.943. The summed E-state index contributed by atoms with van der Waals surface area (Å²) in [5.74, 6) is -0.759. The van der Waals surface area contributed by atoms with Crippen molar-refractivity contribution in [2.24, 2.45) is 0 Å². The average Bonchev–Trinajstić information content (AvgIpc) is 2.49. The molecular weight excluding hydrogens is 283 g/mol. The highest BCUT2D eigenvalue weighted by Crippen LogP contribution is 2.17. The number of rotatable bonds is 4. The molecule has 0 saturated heterocycles. The van der Waals surface area contributed by atoms with Crippen LogP contribution in [0.2, 0.25) is 0 Å². The average molecular weight is 300 g/mol. The first-order valence-electron chi connectivity index (χ1n) is 6.85. The van der Waals surface area contributed by atoms with E-state index < -0.39 is 5.82 Å². The van der Waals surface area contributed by atoms with Gasteiger partial charge in [-0.25, -0.2) is 4.39 Å². The highest BCUT2D eigenvalue weighted by Gasteiger charge is 2.09. The number of carbonyl (C=O) groups excluding carboxylic acids is 2. The van der Waals surface area contributed by atoms with Crippen molar-refractivity contribution in [3.63, 3.8) is 0 Å². The van der Waals surface area contributed by atoms with Gasteiger partial charge in [-0.2, -0.15) is 0 Å². The van der Waals surface area contributed by atoms with Crippen molar-refractivity contribution >= 4 is 23.2 Å². The number of amides is 2. The van der Waals surface area contributed by atoms with E-state index in [4.69, 9.17) is 0 Å². The Bertz CT molecular complexity index is 683. The van der Waals surface area contributed by atoms with E-state index in [1.165, 1.54) is 17.9 Å². The molecule has 2 rings (SSSR count). The first kappa shape index (κ1) is 15.7. The van der Waals surface area contributed by atoms with Gasteiger partial charge in [-0.1, -0.05) is 18.2 Å². The van der Waals surface area contributed by atoms with Gasteiger partial charge in [0.25, 0.3) is 0 Å². The maximum atomic E-state index is 13.5. The number of hydrogen-bond donors (Lipinski definition) is 1. The van der Waals surface area contributed by atoms with Crippen LogP contribution in [-0.4, -0.2) is 18.9 Å². The van der Waals surface area contributed by atoms with Crippen LogP contribution in [0.3, 0.4) is 0 Å². The van der Waals surface area contributed by atoms with Crippen LogP contribution in [0.25, 0.3) is 0 Å². The summed E-state index contributed by atoms with van der Waals surface area (Å²) in [6, 6.07) is 13.1. The van der Waals surface area contributed by atoms with Crippen molar-refractivity contribution < 1.29 is 14.0 Å². The molecule has 2 aromatic rings. The first-order chi connectivity index (χ1) is 10.5. The van der Waals surface area contributed by atoms with Crippen LogP contribution in [0, 0.1) is 5.82 Å². The molecule has 0 aliphatic heterocycles. The molecule has 0 aliphatic rings. The number of benzene rings is 2. The molecule has 0 heterocycles. The van der Waals surface area contributed by atoms with Crippen LogP contribution >= 0.6 is 0 Å². The minimum atomic E-state index is -0.393. The zero-order valence-corrected chi connectivity index (χ0v) is 12.5. The summed E-state index contributed by atoms with van der Waals surface area (Å²) in [6.45, 7) is 1.48. The Balaban J connectivity index is 2.00. The fourth-order valence-corrected chi connectivity index (χ4v) is 1.97. The van der Waals surface area contributed by atoms with Gasteiger partial charge < -0.3 is 10.2 Å². The zero-order valence-electron chi connectivity index (χ0n) is 12.5. The van der Waals surface area contributed by atoms with Gasteiger partial charge >= 0.3 is 0 Å². The largest absolute Gasteiger partial charge is 0.326 e. The van der Waals surface area contributed by atoms with Crippen LogP contribution in [0.5, 0.6) is 0 Å². The third-order valence-corrected chi connectivity index (χ3v) is 3.32. The van der Waals surface area contributed by atoms with E-state index in [2.05, 4.69) is 5.32 Å². The van der Waals surface area contributed by atoms with E-state index in [1.807, 2.05) is 0 Å². The molecule has 0 unspecified atom stereocenters. The van der Waals surface area contributed by atoms with Gasteiger partial charge in [-0.3, -0.25) is 9.59 Å². The van der Waals surface area contributed by atoms with Crippen LogP contribution in [0.1, 0.15) is 12.5 Å². The Morgan fingerprint density at radius 1 is 1.09 bits per heavy atom. The molecule has 0 spiro atoms. The lowest BCUT2D eigenvalue weighted by molar-refractivity contribution is -0.116. The molecular formula is C17H17FN2O2. The van der Waals surface area contributed by atoms with Gasteiger partial charge in [0.15, 0.2) is 0 Å². The number of carbonyl (C=O) groups is 2. The fourth-order valence-electron chi connectivity index (χ4n) is 1.97. The number of halogens is 1. The molecule has 22 heavy (non-hydrogen) atoms. The standard InChI is InChI=1S/C17H17FN2O2/c1-12(21)20(2)15-9-7-14(8-10-15)19-17(22)11-13-5-3-4-6-16(13)18/h3-10H,11H2,1-2H3,(H,19,22). The van der Waals surface area contributed by atoms with Gasteiger partial charge in [-0.15, -0.1) is 0 Å². The van der Waals surface area contributed by atoms with Crippen LogP contribution in [0.15, 0.2) is 48.5 Å². The molecule has 4 nitrogen and oxygen atoms in total. The van der Waals surface area contributed by atoms with Crippen LogP contribution < -0.4 is 10.2 Å². The van der Waals surface area contributed by atoms with Gasteiger partial charge in [0.1, 0.15) is 5.82 Å². The van der Waals surface area contributed by atoms with Crippen LogP contribution in [0.4, 0.5) is 15.8 Å². The Labute approximate surface area is 128 Å². The molecule has 0 bridgehead atoms. The maximum Gasteiger partial charge on any atom is 0.228 e. The molecule has 0 fully saturated rings. The van der Waals surface area contributed by atoms with Crippen molar-refractivity contribution in [3.8, 4) is 0 Å². The molecule has 0 atom stereocenters. The molecule has 0 radical (unpaired) electrons. The molecule has 0 saturated carbocycles. The van der Waals surface area contributed by atoms with Gasteiger partial charge in [-0.05, 0) is 35.9 Å². The zero-order chi connectivity index (χ0) is 16.1. The highest BCUT2D eigenvalue weighted by molar-refractivity contribution is 5.93. The Morgan fingerprint density at radius 2 is 1.73 bits per heavy atom. The van der Waals surface area contributed by atoms with E-state index in [0.717, 1.165) is 5.69 Å². The Kier molecular flexibility index (Phi) is 4.88. The van der Waals surface area contributed by atoms with Gasteiger partial charge in [0.2, 0.25) is 11.8 Å². The van der Waals surface area contributed by atoms with Crippen molar-refractivity contribution in [3.05, 3.63) is 59.9 Å². The predicted octanol–water partition coefficient (Wildman–Crippen LogP) is 2.99. The maximum absolute atomic E-state index is 13.5. The summed E-state index contributed by atoms with van der Waals surface area (Å²) in [5, 5.41) is 2.70. The monoisotopic (exact) mass is 300 g/mol. The molecule has 2 aromatic carbocycles. The second-order valence-electron chi connectivity index (χ2n) is 4.94. The summed E-state index contributed by atoms with van der Waals surface area (Å²) in [7, 11) is 1.67. The minimum absolute atomic E-state index is 0.0260. The number of nitrogens with one attached hydrogen (secondary N) is 1. The second kappa shape index (κ2) is 6.85. The molecule has 2 amide bonds. The topological polar surface area (TPSA) is 49.4 Å². The van der Waals surface area contributed by atoms with Crippen molar-refractivity contribution in [1.82, 2.24) is 0 Å². The van der Waals surface area contributed by atoms with Gasteiger partial charge in [0, 0.05) is 25.3 Å². The lowest BCUT2D eigenvalue weighted by Crippen LogP contribution is -2.22. The van der Waals surface area contributed by atoms with E-state index in [-0.39, 0.29) is 18.2 Å². The Morgan fingerprint density at radius 3 is 2.32 bits per heavy atom. The first-order valence-corrected chi connectivity index (χ1v) is 6.85. The second-order valence-corrected chi connectivity index (χ2v) is 4.94. The summed E-state index contributed by atoms with van der Waals surface area (Å²) >= 11 is 0. The van der Waals surface area contributed by atoms with Crippen LogP contribution in [-0.2, 0) is 16.0 Å². The van der Waals surface area contributed by atoms with E-state index in [9.17, 15) is 14.0 Å². The molecule has 0 aromatic heterocycles. The predicted molar refractivity (Wildman–Crippen MR) is 84.3 cm³/mol. The van der Waals surface area contributed by atoms with Gasteiger partial charge in [0.05, 0.1) is 6.42 Å². The third-order valence-electron chi connectivity index (χ3n) is 3.32. The van der Waals surface area contributed by atoms with Crippen molar-refractivity contribution in [1.29, 1.82) is 0 Å². The fraction of sp³-hybridized carbons (Fsp3) is 0.176. The lowest BCUT2D eigenvalue weighted by atomic mass is 10.1. The molecule has 5 heteroatoms. The number of nitrogens with zero attached hydrogens (tertiary/aromatic N) is 1. The number of anilines is 2. The number of hydrogen-bond acceptors (Lipinski definition) is 2. The Hall–Kier alpha value is -2.69. The summed E-state index contributed by atoms with van der Waals surface area (Å²) < 4.78 is 13.5. The normalized spacial score (nSPS) is 10.1. The third kappa shape index (κ3) is 3.91. The molecule has 114 valence electrons. The van der Waals surface area contributed by atoms with Crippen molar-refractivity contribution in [2.75, 3.05) is 17.3 Å². The highest BCUT2D eigenvalue weighted by atomic mass is 19.1. The van der Waals surface area contributed by atoms with E-state index >= 15 is 0 Å². The summed E-state index contributed by atoms with van der Waals surface area (Å²) in [5.41, 5.74) is 1.69. The lowest BCUT2D eigenvalue weighted by Gasteiger charge is -2.15. The SMILES string of the molecule is CC(=O)N(C)c1ccc(NC(=O)Cc2ccccc2F)cc1. The van der Waals surface area contributed by atoms with E-state index in [0.29, 0.717) is 11.3 Å². The smallest absolute Gasteiger partial charge is 0.228 e. The summed E-state index contributed by atoms with van der Waals surface area (Å²) in [4.78, 5) is 24.7. The molecule has 1 N–H and O–H groups in total. The summed E-state index contributed by atoms with van der Waals surface area (Å²) in [6.07, 6.45) is -0.0260.